The van der Waals surface area contributed by atoms with Gasteiger partial charge in [-0.25, -0.2) is 38.3 Å². The Bertz CT molecular complexity index is 1840. The van der Waals surface area contributed by atoms with E-state index in [9.17, 15) is 14.0 Å². The average molecular weight is 658 g/mol. The number of aromatic nitrogens is 7. The van der Waals surface area contributed by atoms with Gasteiger partial charge in [0.15, 0.2) is 41.9 Å². The third kappa shape index (κ3) is 5.07. The lowest BCUT2D eigenvalue weighted by atomic mass is 10.1. The fraction of sp³-hybridized carbons (Fsp3) is 0.476. The molecule has 18 nitrogen and oxygen atoms in total. The molecule has 2 unspecified atom stereocenters. The molecule has 0 amide bonds. The molecule has 0 aliphatic carbocycles. The van der Waals surface area contributed by atoms with E-state index >= 15 is 8.78 Å². The van der Waals surface area contributed by atoms with Crippen molar-refractivity contribution < 1.29 is 50.4 Å². The van der Waals surface area contributed by atoms with E-state index < -0.39 is 85.3 Å². The summed E-state index contributed by atoms with van der Waals surface area (Å²) in [6, 6.07) is 1.52. The summed E-state index contributed by atoms with van der Waals surface area (Å²) in [5.74, 6) is 0.0502. The number of nitrogen functional groups attached to an aromatic ring is 2. The predicted molar refractivity (Wildman–Crippen MR) is 148 cm³/mol. The molecule has 4 aromatic rings. The summed E-state index contributed by atoms with van der Waals surface area (Å²) in [4.78, 5) is 31.1. The Labute approximate surface area is 246 Å². The van der Waals surface area contributed by atoms with Gasteiger partial charge in [0.25, 0.3) is 0 Å². The van der Waals surface area contributed by atoms with Gasteiger partial charge >= 0.3 is 7.82 Å². The first-order valence-electron chi connectivity index (χ1n) is 12.6. The highest BCUT2D eigenvalue weighted by Crippen LogP contribution is 2.54. The van der Waals surface area contributed by atoms with Crippen molar-refractivity contribution in [1.82, 2.24) is 34.1 Å². The maximum Gasteiger partial charge on any atom is 0.472 e. The van der Waals surface area contributed by atoms with Gasteiger partial charge in [0, 0.05) is 6.20 Å². The van der Waals surface area contributed by atoms with Crippen LogP contribution in [0.25, 0.3) is 22.3 Å². The first-order valence-corrected chi connectivity index (χ1v) is 15.2. The molecule has 3 saturated heterocycles. The molecule has 0 saturated carbocycles. The summed E-state index contributed by atoms with van der Waals surface area (Å²) in [6.07, 6.45) is -7.98. The highest BCUT2D eigenvalue weighted by Gasteiger charge is 2.54. The van der Waals surface area contributed by atoms with Crippen molar-refractivity contribution in [3.63, 3.8) is 0 Å². The molecule has 4 aromatic heterocycles. The molecule has 236 valence electrons. The zero-order chi connectivity index (χ0) is 31.0. The number of hydrogen-bond donors (Lipinski definition) is 3. The van der Waals surface area contributed by atoms with Crippen LogP contribution in [-0.4, -0.2) is 96.5 Å². The van der Waals surface area contributed by atoms with Crippen LogP contribution in [0, 0.1) is 0 Å². The Hall–Kier alpha value is -3.13. The second-order valence-corrected chi connectivity index (χ2v) is 12.1. The molecule has 23 heteroatoms. The van der Waals surface area contributed by atoms with Gasteiger partial charge in [-0.15, -0.1) is 0 Å². The molecule has 3 aliphatic heterocycles. The lowest BCUT2D eigenvalue weighted by Crippen LogP contribution is -2.34. The number of imidazole rings is 2. The molecule has 3 aliphatic rings. The minimum absolute atomic E-state index is 0.0502. The molecule has 44 heavy (non-hydrogen) atoms. The minimum Gasteiger partial charge on any atom is -0.397 e. The number of phosphoric ester groups is 1. The topological polar surface area (TPSA) is 236 Å². The van der Waals surface area contributed by atoms with E-state index in [0.717, 1.165) is 6.33 Å². The standard InChI is InChI=1S/C21H25BF2N9O9P2/c22-43(34)37-3-9-11(23)16(21(39-9)33-6-30-13-8(25)1-2-27-18(13)33)42-44(35,36)38-4-10-15(41-43)12(24)20(40-10)32-7-31-14-17(26)28-5-29-19(14)32/h1-2,5-7,9-12,15-16,20-21H,3-4H2,22H3,(H2,25,27)(H,35,36)(H2,26,28,29)/q-1/t9-,10-,11-,12-,15-,16-,20-,21-,43?/m1/s1. The number of phosphoric acid groups is 1. The molecule has 5 N–H and O–H groups in total. The average Bonchev–Trinajstić information content (AvgIpc) is 3.73. The van der Waals surface area contributed by atoms with Gasteiger partial charge in [-0.2, -0.15) is 0 Å². The Kier molecular flexibility index (Phi) is 7.23. The maximum absolute atomic E-state index is 16.0. The van der Waals surface area contributed by atoms with Crippen LogP contribution in [0.3, 0.4) is 0 Å². The number of rotatable bonds is 2. The van der Waals surface area contributed by atoms with Crippen LogP contribution in [0.2, 0.25) is 0 Å². The number of anilines is 2. The number of pyridine rings is 1. The summed E-state index contributed by atoms with van der Waals surface area (Å²) in [6.45, 7) is -1.37. The number of hydrogen-bond acceptors (Lipinski definition) is 15. The van der Waals surface area contributed by atoms with Gasteiger partial charge in [0.1, 0.15) is 49.3 Å². The highest BCUT2D eigenvalue weighted by molar-refractivity contribution is 7.79. The van der Waals surface area contributed by atoms with Crippen LogP contribution in [0.5, 0.6) is 0 Å². The predicted octanol–water partition coefficient (Wildman–Crippen LogP) is 0.298. The van der Waals surface area contributed by atoms with E-state index in [2.05, 4.69) is 24.9 Å². The summed E-state index contributed by atoms with van der Waals surface area (Å²) in [7, 11) is -10.3. The van der Waals surface area contributed by atoms with E-state index in [1.807, 2.05) is 0 Å². The highest BCUT2D eigenvalue weighted by atomic mass is 31.2. The molecule has 0 aromatic carbocycles. The molecule has 10 atom stereocenters. The van der Waals surface area contributed by atoms with E-state index in [4.69, 9.17) is 39.0 Å². The Morgan fingerprint density at radius 1 is 0.864 bits per heavy atom. The van der Waals surface area contributed by atoms with Crippen molar-refractivity contribution in [2.75, 3.05) is 24.7 Å². The van der Waals surface area contributed by atoms with E-state index in [0.29, 0.717) is 0 Å². The number of nitrogens with zero attached hydrogens (tertiary/aromatic N) is 7. The maximum atomic E-state index is 16.0. The molecular formula is C21H25BF2N9O9P2-. The van der Waals surface area contributed by atoms with Crippen LogP contribution in [0.1, 0.15) is 12.5 Å². The van der Waals surface area contributed by atoms with Gasteiger partial charge < -0.3 is 39.4 Å². The molecular weight excluding hydrogens is 633 g/mol. The molecule has 7 heterocycles. The van der Waals surface area contributed by atoms with Crippen LogP contribution in [0.15, 0.2) is 31.2 Å². The monoisotopic (exact) mass is 658 g/mol. The number of alkyl halides is 2. The number of nitrogens with two attached hydrogens (primary N) is 2. The largest absolute Gasteiger partial charge is 0.472 e. The minimum atomic E-state index is -5.08. The molecule has 0 spiro atoms. The van der Waals surface area contributed by atoms with Crippen LogP contribution in [-0.2, 0) is 36.7 Å². The second kappa shape index (κ2) is 10.7. The molecule has 3 fully saturated rings. The summed E-state index contributed by atoms with van der Waals surface area (Å²) in [5, 5.41) is 0. The number of ether oxygens (including phenoxy) is 2. The van der Waals surface area contributed by atoms with E-state index in [-0.39, 0.29) is 33.8 Å². The third-order valence-electron chi connectivity index (χ3n) is 7.17. The number of halogens is 2. The van der Waals surface area contributed by atoms with Gasteiger partial charge in [0.2, 0.25) is 0 Å². The second-order valence-electron chi connectivity index (χ2n) is 9.75. The van der Waals surface area contributed by atoms with Crippen LogP contribution in [0.4, 0.5) is 20.3 Å². The van der Waals surface area contributed by atoms with Gasteiger partial charge in [-0.1, -0.05) is 0 Å². The molecule has 7 rings (SSSR count). The Morgan fingerprint density at radius 2 is 1.55 bits per heavy atom. The summed E-state index contributed by atoms with van der Waals surface area (Å²) >= 11 is 0. The van der Waals surface area contributed by atoms with E-state index in [1.165, 1.54) is 34.1 Å². The Morgan fingerprint density at radius 3 is 2.34 bits per heavy atom. The molecule has 0 radical (unpaired) electrons. The van der Waals surface area contributed by atoms with Gasteiger partial charge in [-0.3, -0.25) is 18.2 Å². The van der Waals surface area contributed by atoms with Crippen molar-refractivity contribution in [3.05, 3.63) is 31.2 Å². The zero-order valence-corrected chi connectivity index (χ0v) is 23.4. The van der Waals surface area contributed by atoms with Crippen molar-refractivity contribution in [2.24, 2.45) is 0 Å². The fourth-order valence-electron chi connectivity index (χ4n) is 5.16. The Balaban J connectivity index is 1.20. The normalized spacial score (nSPS) is 38.3. The first-order chi connectivity index (χ1) is 20.9. The lowest BCUT2D eigenvalue weighted by molar-refractivity contribution is -0.0630. The van der Waals surface area contributed by atoms with Crippen LogP contribution >= 0.6 is 15.3 Å². The number of fused-ring (bicyclic) bond motifs is 5. The van der Waals surface area contributed by atoms with Crippen molar-refractivity contribution in [2.45, 2.75) is 49.2 Å². The zero-order valence-electron chi connectivity index (χ0n) is 21.6. The smallest absolute Gasteiger partial charge is 0.397 e. The van der Waals surface area contributed by atoms with Crippen molar-refractivity contribution >= 4 is 56.7 Å². The quantitative estimate of drug-likeness (QED) is 0.194. The lowest BCUT2D eigenvalue weighted by Gasteiger charge is -2.28. The summed E-state index contributed by atoms with van der Waals surface area (Å²) < 4.78 is 94.4. The van der Waals surface area contributed by atoms with Gasteiger partial charge in [0.05, 0.1) is 39.1 Å². The van der Waals surface area contributed by atoms with Crippen LogP contribution < -0.4 is 11.5 Å². The third-order valence-corrected chi connectivity index (χ3v) is 8.93. The first kappa shape index (κ1) is 29.6. The van der Waals surface area contributed by atoms with E-state index in [1.54, 1.807) is 0 Å². The fourth-order valence-corrected chi connectivity index (χ4v) is 6.86. The van der Waals surface area contributed by atoms with Gasteiger partial charge in [-0.05, 0) is 6.07 Å². The molecule has 2 bridgehead atoms. The summed E-state index contributed by atoms with van der Waals surface area (Å²) in [5.41, 5.74) is 12.9. The SMILES string of the molecule is [BH3-]P1(=O)OC[C@H]2O[C@@H](n3cnc4c(N)ccnc43)[C@H](OP(=O)(O)OC[C@H]3O[C@@H](n4cnc5c(N)ncnc54)[C@H](F)[C@@H]3O1)[C@@H]2F. The van der Waals surface area contributed by atoms with Crippen molar-refractivity contribution in [1.29, 1.82) is 0 Å². The van der Waals surface area contributed by atoms with Crippen molar-refractivity contribution in [3.8, 4) is 0 Å².